The number of H-pyrrole nitrogens is 1. The smallest absolute Gasteiger partial charge is 0.178 e. The summed E-state index contributed by atoms with van der Waals surface area (Å²) in [6.45, 7) is 2.38. The van der Waals surface area contributed by atoms with Gasteiger partial charge in [0, 0.05) is 0 Å². The minimum absolute atomic E-state index is 0.277. The van der Waals surface area contributed by atoms with Crippen molar-refractivity contribution in [2.75, 3.05) is 0 Å². The predicted molar refractivity (Wildman–Crippen MR) is 69.6 cm³/mol. The molecule has 0 aliphatic rings. The summed E-state index contributed by atoms with van der Waals surface area (Å²) in [5, 5.41) is 0. The summed E-state index contributed by atoms with van der Waals surface area (Å²) in [6.07, 6.45) is 0. The third-order valence-electron chi connectivity index (χ3n) is 2.85. The number of furan rings is 1. The Morgan fingerprint density at radius 2 is 2.17 bits per heavy atom. The Morgan fingerprint density at radius 3 is 2.89 bits per heavy atom. The van der Waals surface area contributed by atoms with Gasteiger partial charge in [0.2, 0.25) is 0 Å². The molecule has 18 heavy (non-hydrogen) atoms. The Labute approximate surface area is 108 Å². The van der Waals surface area contributed by atoms with E-state index in [1.165, 1.54) is 12.1 Å². The molecule has 0 amide bonds. The van der Waals surface area contributed by atoms with Crippen LogP contribution in [-0.2, 0) is 6.54 Å². The normalized spacial score (nSPS) is 11.2. The average molecular weight is 262 g/mol. The summed E-state index contributed by atoms with van der Waals surface area (Å²) >= 11 is 5.25. The first-order chi connectivity index (χ1) is 8.63. The van der Waals surface area contributed by atoms with Crippen LogP contribution < -0.4 is 0 Å². The van der Waals surface area contributed by atoms with E-state index >= 15 is 0 Å². The molecule has 92 valence electrons. The molecule has 1 N–H and O–H groups in total. The van der Waals surface area contributed by atoms with Crippen molar-refractivity contribution in [1.82, 2.24) is 9.55 Å². The third-order valence-corrected chi connectivity index (χ3v) is 3.17. The number of benzene rings is 1. The summed E-state index contributed by atoms with van der Waals surface area (Å²) in [7, 11) is 0. The lowest BCUT2D eigenvalue weighted by molar-refractivity contribution is 0.471. The zero-order valence-electron chi connectivity index (χ0n) is 9.74. The lowest BCUT2D eigenvalue weighted by Gasteiger charge is -2.01. The number of halogens is 1. The Hall–Kier alpha value is -1.88. The van der Waals surface area contributed by atoms with Crippen LogP contribution in [0, 0.1) is 17.5 Å². The molecule has 0 bridgehead atoms. The molecule has 2 aromatic heterocycles. The van der Waals surface area contributed by atoms with Crippen LogP contribution >= 0.6 is 12.2 Å². The molecule has 2 heterocycles. The minimum atomic E-state index is -0.277. The Morgan fingerprint density at radius 1 is 1.33 bits per heavy atom. The molecule has 1 aromatic carbocycles. The highest BCUT2D eigenvalue weighted by Gasteiger charge is 2.08. The highest BCUT2D eigenvalue weighted by Crippen LogP contribution is 2.18. The molecule has 5 heteroatoms. The van der Waals surface area contributed by atoms with Gasteiger partial charge in [-0.3, -0.25) is 0 Å². The van der Waals surface area contributed by atoms with Crippen molar-refractivity contribution in [2.24, 2.45) is 0 Å². The topological polar surface area (TPSA) is 33.9 Å². The second-order valence-electron chi connectivity index (χ2n) is 4.19. The molecule has 0 spiro atoms. The second-order valence-corrected chi connectivity index (χ2v) is 4.58. The highest BCUT2D eigenvalue weighted by atomic mass is 32.1. The maximum Gasteiger partial charge on any atom is 0.178 e. The summed E-state index contributed by atoms with van der Waals surface area (Å²) in [6, 6.07) is 8.36. The van der Waals surface area contributed by atoms with Gasteiger partial charge >= 0.3 is 0 Å². The van der Waals surface area contributed by atoms with Crippen molar-refractivity contribution in [3.8, 4) is 0 Å². The lowest BCUT2D eigenvalue weighted by atomic mass is 10.3. The van der Waals surface area contributed by atoms with Crippen molar-refractivity contribution in [3.05, 3.63) is 52.4 Å². The van der Waals surface area contributed by atoms with Gasteiger partial charge in [0.15, 0.2) is 4.77 Å². The van der Waals surface area contributed by atoms with Gasteiger partial charge in [-0.05, 0) is 49.5 Å². The van der Waals surface area contributed by atoms with Gasteiger partial charge in [-0.2, -0.15) is 0 Å². The molecule has 3 nitrogen and oxygen atoms in total. The quantitative estimate of drug-likeness (QED) is 0.713. The van der Waals surface area contributed by atoms with E-state index in [9.17, 15) is 4.39 Å². The van der Waals surface area contributed by atoms with E-state index in [0.717, 1.165) is 22.6 Å². The maximum atomic E-state index is 13.3. The number of hydrogen-bond donors (Lipinski definition) is 1. The Kier molecular flexibility index (Phi) is 2.56. The van der Waals surface area contributed by atoms with Gasteiger partial charge in [-0.25, -0.2) is 4.39 Å². The number of rotatable bonds is 2. The van der Waals surface area contributed by atoms with E-state index in [-0.39, 0.29) is 5.82 Å². The van der Waals surface area contributed by atoms with Crippen LogP contribution in [0.5, 0.6) is 0 Å². The van der Waals surface area contributed by atoms with E-state index in [1.807, 2.05) is 23.6 Å². The number of aromatic nitrogens is 2. The molecule has 0 aliphatic carbocycles. The van der Waals surface area contributed by atoms with Gasteiger partial charge in [0.1, 0.15) is 17.3 Å². The summed E-state index contributed by atoms with van der Waals surface area (Å²) in [5.74, 6) is 1.37. The molecule has 0 unspecified atom stereocenters. The average Bonchev–Trinajstić information content (AvgIpc) is 2.86. The van der Waals surface area contributed by atoms with E-state index in [1.54, 1.807) is 6.07 Å². The fourth-order valence-electron chi connectivity index (χ4n) is 2.01. The second kappa shape index (κ2) is 4.10. The fourth-order valence-corrected chi connectivity index (χ4v) is 2.28. The van der Waals surface area contributed by atoms with Crippen molar-refractivity contribution >= 4 is 23.3 Å². The molecule has 0 fully saturated rings. The molecule has 0 saturated carbocycles. The maximum absolute atomic E-state index is 13.3. The van der Waals surface area contributed by atoms with Crippen LogP contribution in [-0.4, -0.2) is 9.55 Å². The highest BCUT2D eigenvalue weighted by molar-refractivity contribution is 7.71. The number of aryl methyl sites for hydroxylation is 1. The molecule has 0 radical (unpaired) electrons. The molecule has 3 rings (SSSR count). The fraction of sp³-hybridized carbons (Fsp3) is 0.154. The van der Waals surface area contributed by atoms with Crippen LogP contribution in [0.4, 0.5) is 4.39 Å². The SMILES string of the molecule is Cc1ccc(Cn2c(=S)[nH]c3ccc(F)cc32)o1. The predicted octanol–water partition coefficient (Wildman–Crippen LogP) is 3.79. The third kappa shape index (κ3) is 1.86. The number of aromatic amines is 1. The minimum Gasteiger partial charge on any atom is -0.464 e. The zero-order valence-corrected chi connectivity index (χ0v) is 10.6. The summed E-state index contributed by atoms with van der Waals surface area (Å²) in [4.78, 5) is 3.05. The monoisotopic (exact) mass is 262 g/mol. The first-order valence-corrected chi connectivity index (χ1v) is 5.98. The Bertz CT molecular complexity index is 769. The molecular weight excluding hydrogens is 251 g/mol. The van der Waals surface area contributed by atoms with Crippen LogP contribution in [0.15, 0.2) is 34.7 Å². The molecule has 3 aromatic rings. The van der Waals surface area contributed by atoms with Gasteiger partial charge in [-0.1, -0.05) is 0 Å². The van der Waals surface area contributed by atoms with E-state index in [4.69, 9.17) is 16.6 Å². The molecule has 0 saturated heterocycles. The zero-order chi connectivity index (χ0) is 12.7. The van der Waals surface area contributed by atoms with Crippen molar-refractivity contribution < 1.29 is 8.81 Å². The number of nitrogens with zero attached hydrogens (tertiary/aromatic N) is 1. The van der Waals surface area contributed by atoms with Crippen molar-refractivity contribution in [1.29, 1.82) is 0 Å². The molecular formula is C13H11FN2OS. The first kappa shape index (κ1) is 11.2. The lowest BCUT2D eigenvalue weighted by Crippen LogP contribution is -1.98. The van der Waals surface area contributed by atoms with Gasteiger partial charge < -0.3 is 14.0 Å². The standard InChI is InChI=1S/C13H11FN2OS/c1-8-2-4-10(17-8)7-16-12-6-9(14)3-5-11(12)15-13(16)18/h2-6H,7H2,1H3,(H,15,18). The number of nitrogens with one attached hydrogen (secondary N) is 1. The van der Waals surface area contributed by atoms with Crippen molar-refractivity contribution in [2.45, 2.75) is 13.5 Å². The Balaban J connectivity index is 2.13. The van der Waals surface area contributed by atoms with E-state index in [0.29, 0.717) is 11.3 Å². The molecule has 0 atom stereocenters. The van der Waals surface area contributed by atoms with Crippen molar-refractivity contribution in [3.63, 3.8) is 0 Å². The summed E-state index contributed by atoms with van der Waals surface area (Å²) in [5.41, 5.74) is 1.57. The van der Waals surface area contributed by atoms with Crippen LogP contribution in [0.1, 0.15) is 11.5 Å². The summed E-state index contributed by atoms with van der Waals surface area (Å²) < 4.78 is 21.2. The van der Waals surface area contributed by atoms with Crippen LogP contribution in [0.25, 0.3) is 11.0 Å². The van der Waals surface area contributed by atoms with Crippen LogP contribution in [0.2, 0.25) is 0 Å². The largest absolute Gasteiger partial charge is 0.464 e. The van der Waals surface area contributed by atoms with Gasteiger partial charge in [0.25, 0.3) is 0 Å². The van der Waals surface area contributed by atoms with E-state index < -0.39 is 0 Å². The molecule has 0 aliphatic heterocycles. The van der Waals surface area contributed by atoms with E-state index in [2.05, 4.69) is 4.98 Å². The number of hydrogen-bond acceptors (Lipinski definition) is 2. The number of imidazole rings is 1. The van der Waals surface area contributed by atoms with Gasteiger partial charge in [0.05, 0.1) is 17.6 Å². The van der Waals surface area contributed by atoms with Crippen LogP contribution in [0.3, 0.4) is 0 Å². The number of fused-ring (bicyclic) bond motifs is 1. The first-order valence-electron chi connectivity index (χ1n) is 5.57. The van der Waals surface area contributed by atoms with Gasteiger partial charge in [-0.15, -0.1) is 0 Å².